The molecule has 112 valence electrons. The molecule has 0 radical (unpaired) electrons. The Bertz CT molecular complexity index is 569. The molecule has 5 heteroatoms. The topological polar surface area (TPSA) is 38.3 Å². The van der Waals surface area contributed by atoms with E-state index in [0.717, 1.165) is 25.0 Å². The number of rotatable bonds is 4. The van der Waals surface area contributed by atoms with Gasteiger partial charge in [-0.05, 0) is 36.6 Å². The number of benzene rings is 1. The monoisotopic (exact) mass is 309 g/mol. The third-order valence-corrected chi connectivity index (χ3v) is 4.28. The highest BCUT2D eigenvalue weighted by Crippen LogP contribution is 2.41. The Balaban J connectivity index is 1.51. The first-order valence-electron chi connectivity index (χ1n) is 7.15. The number of ether oxygens (including phenoxy) is 1. The van der Waals surface area contributed by atoms with Crippen molar-refractivity contribution >= 4 is 17.5 Å². The molecule has 2 fully saturated rings. The van der Waals surface area contributed by atoms with E-state index < -0.39 is 5.82 Å². The first-order valence-corrected chi connectivity index (χ1v) is 7.52. The van der Waals surface area contributed by atoms with Gasteiger partial charge in [0.2, 0.25) is 5.91 Å². The highest BCUT2D eigenvalue weighted by atomic mass is 35.5. The molecule has 1 aromatic rings. The minimum atomic E-state index is -0.410. The fourth-order valence-corrected chi connectivity index (χ4v) is 2.74. The van der Waals surface area contributed by atoms with Crippen LogP contribution in [-0.2, 0) is 9.53 Å². The van der Waals surface area contributed by atoms with Crippen molar-refractivity contribution in [3.05, 3.63) is 46.8 Å². The van der Waals surface area contributed by atoms with Crippen LogP contribution in [-0.4, -0.2) is 25.2 Å². The maximum atomic E-state index is 13.4. The molecule has 1 aromatic carbocycles. The van der Waals surface area contributed by atoms with Crippen molar-refractivity contribution in [1.82, 2.24) is 5.32 Å². The van der Waals surface area contributed by atoms with Crippen LogP contribution in [0.25, 0.3) is 0 Å². The molecule has 1 heterocycles. The highest BCUT2D eigenvalue weighted by Gasteiger charge is 2.39. The van der Waals surface area contributed by atoms with E-state index in [9.17, 15) is 9.18 Å². The molecule has 1 saturated carbocycles. The quantitative estimate of drug-likeness (QED) is 0.868. The van der Waals surface area contributed by atoms with Crippen LogP contribution in [0.5, 0.6) is 0 Å². The summed E-state index contributed by atoms with van der Waals surface area (Å²) in [4.78, 5) is 11.8. The van der Waals surface area contributed by atoms with E-state index in [4.69, 9.17) is 16.3 Å². The summed E-state index contributed by atoms with van der Waals surface area (Å²) in [5.41, 5.74) is 0.885. The molecule has 0 aromatic heterocycles. The summed E-state index contributed by atoms with van der Waals surface area (Å²) in [5.74, 6) is 0.0242. The maximum Gasteiger partial charge on any atom is 0.243 e. The van der Waals surface area contributed by atoms with Gasteiger partial charge >= 0.3 is 0 Å². The van der Waals surface area contributed by atoms with Gasteiger partial charge in [-0.15, -0.1) is 0 Å². The molecule has 3 rings (SSSR count). The van der Waals surface area contributed by atoms with Crippen LogP contribution < -0.4 is 5.32 Å². The van der Waals surface area contributed by atoms with Crippen LogP contribution in [0, 0.1) is 11.7 Å². The Kier molecular flexibility index (Phi) is 4.27. The number of halogens is 2. The summed E-state index contributed by atoms with van der Waals surface area (Å²) in [7, 11) is 0. The second-order valence-electron chi connectivity index (χ2n) is 5.61. The average Bonchev–Trinajstić information content (AvgIpc) is 3.01. The van der Waals surface area contributed by atoms with Gasteiger partial charge in [0.25, 0.3) is 0 Å². The highest BCUT2D eigenvalue weighted by molar-refractivity contribution is 6.30. The Hall–Kier alpha value is -1.39. The molecule has 1 aliphatic heterocycles. The van der Waals surface area contributed by atoms with E-state index in [1.54, 1.807) is 12.1 Å². The van der Waals surface area contributed by atoms with Gasteiger partial charge in [0.05, 0.1) is 11.6 Å². The molecule has 1 unspecified atom stereocenters. The van der Waals surface area contributed by atoms with Gasteiger partial charge in [-0.3, -0.25) is 4.79 Å². The summed E-state index contributed by atoms with van der Waals surface area (Å²) >= 11 is 5.67. The van der Waals surface area contributed by atoms with Crippen LogP contribution in [0.4, 0.5) is 4.39 Å². The van der Waals surface area contributed by atoms with E-state index in [-0.39, 0.29) is 22.9 Å². The van der Waals surface area contributed by atoms with Crippen LogP contribution >= 0.6 is 11.6 Å². The largest absolute Gasteiger partial charge is 0.381 e. The number of carbonyl (C=O) groups excluding carboxylic acids is 1. The third kappa shape index (κ3) is 3.63. The molecule has 3 nitrogen and oxygen atoms in total. The average molecular weight is 310 g/mol. The summed E-state index contributed by atoms with van der Waals surface area (Å²) < 4.78 is 18.7. The number of hydrogen-bond acceptors (Lipinski definition) is 2. The Morgan fingerprint density at radius 3 is 3.05 bits per heavy atom. The van der Waals surface area contributed by atoms with Gasteiger partial charge in [-0.25, -0.2) is 4.39 Å². The molecule has 1 N–H and O–H groups in total. The van der Waals surface area contributed by atoms with Crippen LogP contribution in [0.3, 0.4) is 0 Å². The number of hydrogen-bond donors (Lipinski definition) is 1. The predicted octanol–water partition coefficient (Wildman–Crippen LogP) is 3.04. The molecule has 1 saturated heterocycles. The van der Waals surface area contributed by atoms with E-state index in [1.165, 1.54) is 6.07 Å². The van der Waals surface area contributed by atoms with Crippen molar-refractivity contribution in [2.75, 3.05) is 13.2 Å². The van der Waals surface area contributed by atoms with Gasteiger partial charge in [0.15, 0.2) is 0 Å². The number of amides is 1. The second-order valence-corrected chi connectivity index (χ2v) is 6.02. The fraction of sp³-hybridized carbons (Fsp3) is 0.438. The van der Waals surface area contributed by atoms with Gasteiger partial charge < -0.3 is 10.1 Å². The van der Waals surface area contributed by atoms with Crippen molar-refractivity contribution in [2.45, 2.75) is 24.8 Å². The summed E-state index contributed by atoms with van der Waals surface area (Å²) in [6, 6.07) is 4.91. The zero-order valence-corrected chi connectivity index (χ0v) is 12.3. The van der Waals surface area contributed by atoms with Crippen LogP contribution in [0.15, 0.2) is 30.4 Å². The fourth-order valence-electron chi connectivity index (χ4n) is 2.62. The van der Waals surface area contributed by atoms with Crippen LogP contribution in [0.2, 0.25) is 5.02 Å². The van der Waals surface area contributed by atoms with Crippen LogP contribution in [0.1, 0.15) is 24.3 Å². The van der Waals surface area contributed by atoms with Gasteiger partial charge in [-0.2, -0.15) is 0 Å². The molecular weight excluding hydrogens is 293 g/mol. The molecule has 21 heavy (non-hydrogen) atoms. The first kappa shape index (κ1) is 14.5. The summed E-state index contributed by atoms with van der Waals surface area (Å²) in [5, 5.41) is 3.07. The smallest absolute Gasteiger partial charge is 0.243 e. The zero-order valence-electron chi connectivity index (χ0n) is 11.5. The van der Waals surface area contributed by atoms with E-state index >= 15 is 0 Å². The van der Waals surface area contributed by atoms with Crippen molar-refractivity contribution in [2.24, 2.45) is 5.92 Å². The molecule has 2 aliphatic rings. The van der Waals surface area contributed by atoms with E-state index in [2.05, 4.69) is 5.32 Å². The van der Waals surface area contributed by atoms with Gasteiger partial charge in [0.1, 0.15) is 5.82 Å². The lowest BCUT2D eigenvalue weighted by Gasteiger charge is -2.04. The van der Waals surface area contributed by atoms with Crippen molar-refractivity contribution in [1.29, 1.82) is 0 Å². The Morgan fingerprint density at radius 1 is 1.48 bits per heavy atom. The van der Waals surface area contributed by atoms with Crippen molar-refractivity contribution in [3.8, 4) is 0 Å². The molecular formula is C16H17ClFNO2. The number of nitrogens with one attached hydrogen (secondary N) is 1. The lowest BCUT2D eigenvalue weighted by atomic mass is 10.1. The van der Waals surface area contributed by atoms with Gasteiger partial charge in [0, 0.05) is 24.5 Å². The summed E-state index contributed by atoms with van der Waals surface area (Å²) in [6.45, 7) is 1.46. The SMILES string of the molecule is O=C(C=CC1CCOC1)N[C@@H]1C[C@H]1c1ccc(Cl)c(F)c1. The second kappa shape index (κ2) is 6.16. The lowest BCUT2D eigenvalue weighted by molar-refractivity contribution is -0.116. The summed E-state index contributed by atoms with van der Waals surface area (Å²) in [6.07, 6.45) is 5.30. The molecule has 1 aliphatic carbocycles. The van der Waals surface area contributed by atoms with Crippen molar-refractivity contribution in [3.63, 3.8) is 0 Å². The minimum absolute atomic E-state index is 0.0857. The first-order chi connectivity index (χ1) is 10.1. The van der Waals surface area contributed by atoms with E-state index in [0.29, 0.717) is 12.5 Å². The predicted molar refractivity (Wildman–Crippen MR) is 78.8 cm³/mol. The minimum Gasteiger partial charge on any atom is -0.381 e. The van der Waals surface area contributed by atoms with Gasteiger partial charge in [-0.1, -0.05) is 23.7 Å². The van der Waals surface area contributed by atoms with Crippen molar-refractivity contribution < 1.29 is 13.9 Å². The van der Waals surface area contributed by atoms with E-state index in [1.807, 2.05) is 12.1 Å². The molecule has 0 bridgehead atoms. The third-order valence-electron chi connectivity index (χ3n) is 3.97. The Labute approximate surface area is 128 Å². The standard InChI is InChI=1S/C16H17ClFNO2/c17-13-3-2-11(7-14(13)18)12-8-15(12)19-16(20)4-1-10-5-6-21-9-10/h1-4,7,10,12,15H,5-6,8-9H2,(H,19,20)/t10?,12-,15+/m0/s1. The molecule has 1 amide bonds. The maximum absolute atomic E-state index is 13.4. The molecule has 0 spiro atoms. The molecule has 3 atom stereocenters. The number of carbonyl (C=O) groups is 1. The zero-order chi connectivity index (χ0) is 14.8. The normalized spacial score (nSPS) is 28.0. The lowest BCUT2D eigenvalue weighted by Crippen LogP contribution is -2.24. The Morgan fingerprint density at radius 2 is 2.33 bits per heavy atom.